The van der Waals surface area contributed by atoms with Gasteiger partial charge in [0.2, 0.25) is 11.2 Å². The fourth-order valence-electron chi connectivity index (χ4n) is 4.22. The van der Waals surface area contributed by atoms with Crippen molar-refractivity contribution in [2.24, 2.45) is 11.2 Å². The number of ether oxygens (including phenoxy) is 1. The first-order chi connectivity index (χ1) is 20.2. The highest BCUT2D eigenvalue weighted by Crippen LogP contribution is 2.33. The number of hydrogen-bond acceptors (Lipinski definition) is 9. The number of amides is 1. The molecule has 0 radical (unpaired) electrons. The minimum Gasteiger partial charge on any atom is -0.569 e. The number of hydrogen-bond donors (Lipinski definition) is 1. The summed E-state index contributed by atoms with van der Waals surface area (Å²) in [5.74, 6) is -2.11. The first kappa shape index (κ1) is 31.3. The number of aromatic nitrogens is 2. The molecule has 0 atom stereocenters. The van der Waals surface area contributed by atoms with Crippen molar-refractivity contribution in [3.63, 3.8) is 0 Å². The van der Waals surface area contributed by atoms with Crippen LogP contribution in [-0.4, -0.2) is 59.9 Å². The summed E-state index contributed by atoms with van der Waals surface area (Å²) < 4.78 is 73.9. The number of sulfonamides is 1. The van der Waals surface area contributed by atoms with E-state index in [2.05, 4.69) is 20.0 Å². The van der Waals surface area contributed by atoms with Crippen LogP contribution in [0.3, 0.4) is 0 Å². The number of nitrogens with zero attached hydrogens (tertiary/aromatic N) is 5. The summed E-state index contributed by atoms with van der Waals surface area (Å²) in [6.45, 7) is 2.60. The van der Waals surface area contributed by atoms with Crippen LogP contribution in [0.2, 0.25) is 0 Å². The number of rotatable bonds is 9. The van der Waals surface area contributed by atoms with Crippen molar-refractivity contribution in [1.82, 2.24) is 19.5 Å². The van der Waals surface area contributed by atoms with Gasteiger partial charge in [-0.3, -0.25) is 9.59 Å². The number of aryl methyl sites for hydroxylation is 1. The lowest BCUT2D eigenvalue weighted by atomic mass is 9.97. The summed E-state index contributed by atoms with van der Waals surface area (Å²) in [5, 5.41) is 20.1. The molecule has 1 saturated heterocycles. The van der Waals surface area contributed by atoms with Crippen LogP contribution >= 0.6 is 0 Å². The second kappa shape index (κ2) is 12.7. The monoisotopic (exact) mass is 624 g/mol. The number of alkyl halides is 3. The number of halogens is 3. The Labute approximate surface area is 244 Å². The lowest BCUT2D eigenvalue weighted by Crippen LogP contribution is -2.44. The minimum atomic E-state index is -4.70. The Kier molecular flexibility index (Phi) is 9.22. The molecule has 0 bridgehead atoms. The largest absolute Gasteiger partial charge is 0.569 e. The average molecular weight is 625 g/mol. The molecule has 1 fully saturated rings. The van der Waals surface area contributed by atoms with Crippen LogP contribution in [0.25, 0.3) is 16.9 Å². The normalized spacial score (nSPS) is 14.8. The van der Waals surface area contributed by atoms with Gasteiger partial charge in [-0.05, 0) is 50.1 Å². The summed E-state index contributed by atoms with van der Waals surface area (Å²) in [6.07, 6.45) is -4.42. The van der Waals surface area contributed by atoms with Gasteiger partial charge in [0.1, 0.15) is 0 Å². The van der Waals surface area contributed by atoms with E-state index in [4.69, 9.17) is 0 Å². The van der Waals surface area contributed by atoms with E-state index in [0.29, 0.717) is 5.56 Å². The zero-order valence-corrected chi connectivity index (χ0v) is 23.8. The van der Waals surface area contributed by atoms with Crippen LogP contribution in [0, 0.1) is 18.0 Å². The second-order valence-electron chi connectivity index (χ2n) is 9.60. The number of nitrogens with one attached hydrogen (secondary N) is 1. The predicted octanol–water partition coefficient (Wildman–Crippen LogP) is 3.71. The minimum absolute atomic E-state index is 0.0733. The molecule has 1 N–H and O–H groups in total. The number of esters is 1. The number of carbonyl (C=O) groups excluding carboxylic acids is 2. The van der Waals surface area contributed by atoms with Gasteiger partial charge < -0.3 is 14.8 Å². The van der Waals surface area contributed by atoms with Gasteiger partial charge in [-0.25, -0.2) is 17.8 Å². The molecule has 17 heteroatoms. The fourth-order valence-corrected chi connectivity index (χ4v) is 5.26. The maximum absolute atomic E-state index is 13.5. The second-order valence-corrected chi connectivity index (χ2v) is 11.3. The number of hydrazine groups is 1. The van der Waals surface area contributed by atoms with Gasteiger partial charge in [-0.1, -0.05) is 29.8 Å². The zero-order chi connectivity index (χ0) is 31.4. The third-order valence-corrected chi connectivity index (χ3v) is 7.86. The Morgan fingerprint density at radius 3 is 2.33 bits per heavy atom. The van der Waals surface area contributed by atoms with Crippen molar-refractivity contribution in [1.29, 1.82) is 0 Å². The highest BCUT2D eigenvalue weighted by molar-refractivity contribution is 7.90. The standard InChI is InChI=1S/C26H27F3N6O7S/c1-17-3-5-19(6-4-17)23-15-24(26(27,28)29)30-34(23)21-7-9-22(10-8-21)43(39,40)31-25(37)20-11-13-33(14-12-20)35(38)32-42-16-41-18(2)36/h3-10,15,20H,11-14,16H2,1-2H3,(H,31,37). The van der Waals surface area contributed by atoms with Crippen molar-refractivity contribution < 1.29 is 45.7 Å². The van der Waals surface area contributed by atoms with E-state index < -0.39 is 46.5 Å². The van der Waals surface area contributed by atoms with E-state index in [0.717, 1.165) is 35.4 Å². The van der Waals surface area contributed by atoms with Crippen LogP contribution in [0.5, 0.6) is 0 Å². The molecule has 230 valence electrons. The summed E-state index contributed by atoms with van der Waals surface area (Å²) in [7, 11) is -4.32. The Hall–Kier alpha value is -4.67. The van der Waals surface area contributed by atoms with Crippen molar-refractivity contribution >= 4 is 21.9 Å². The fraction of sp³-hybridized carbons (Fsp3) is 0.346. The molecule has 1 aromatic heterocycles. The molecule has 13 nitrogen and oxygen atoms in total. The predicted molar refractivity (Wildman–Crippen MR) is 142 cm³/mol. The van der Waals surface area contributed by atoms with Gasteiger partial charge in [0.25, 0.3) is 16.8 Å². The SMILES string of the molecule is CC(=O)OCON=[N+]([O-])N1CCC(C(=O)NS(=O)(=O)c2ccc(-n3nc(C(F)(F)F)cc3-c3ccc(C)cc3)cc2)CC1. The van der Waals surface area contributed by atoms with Crippen molar-refractivity contribution in [2.75, 3.05) is 19.9 Å². The van der Waals surface area contributed by atoms with E-state index >= 15 is 0 Å². The molecule has 0 aliphatic carbocycles. The van der Waals surface area contributed by atoms with Crippen molar-refractivity contribution in [2.45, 2.75) is 37.8 Å². The van der Waals surface area contributed by atoms with Gasteiger partial charge in [-0.15, -0.1) is 5.01 Å². The number of piperidine rings is 1. The van der Waals surface area contributed by atoms with Crippen LogP contribution in [0.15, 0.2) is 64.8 Å². The van der Waals surface area contributed by atoms with E-state index in [9.17, 15) is 36.4 Å². The quantitative estimate of drug-likeness (QED) is 0.0936. The van der Waals surface area contributed by atoms with Crippen molar-refractivity contribution in [3.05, 3.63) is 71.1 Å². The van der Waals surface area contributed by atoms with E-state index in [1.807, 2.05) is 11.6 Å². The maximum Gasteiger partial charge on any atom is 0.435 e. The Balaban J connectivity index is 1.43. The van der Waals surface area contributed by atoms with Crippen LogP contribution in [-0.2, 0) is 35.4 Å². The lowest BCUT2D eigenvalue weighted by Gasteiger charge is -2.27. The smallest absolute Gasteiger partial charge is 0.435 e. The van der Waals surface area contributed by atoms with Crippen molar-refractivity contribution in [3.8, 4) is 16.9 Å². The molecule has 3 aromatic rings. The van der Waals surface area contributed by atoms with Crippen LogP contribution in [0.1, 0.15) is 31.0 Å². The molecule has 2 aromatic carbocycles. The van der Waals surface area contributed by atoms with Gasteiger partial charge >= 0.3 is 12.1 Å². The van der Waals surface area contributed by atoms with Gasteiger partial charge in [0, 0.05) is 18.4 Å². The topological polar surface area (TPSA) is 158 Å². The van der Waals surface area contributed by atoms with Crippen LogP contribution < -0.4 is 4.72 Å². The average Bonchev–Trinajstić information content (AvgIpc) is 3.42. The summed E-state index contributed by atoms with van der Waals surface area (Å²) >= 11 is 0. The summed E-state index contributed by atoms with van der Waals surface area (Å²) in [5.41, 5.74) is 0.614. The highest BCUT2D eigenvalue weighted by atomic mass is 32.2. The molecular weight excluding hydrogens is 597 g/mol. The highest BCUT2D eigenvalue weighted by Gasteiger charge is 2.35. The molecule has 0 saturated carbocycles. The first-order valence-corrected chi connectivity index (χ1v) is 14.3. The lowest BCUT2D eigenvalue weighted by molar-refractivity contribution is -0.713. The molecule has 1 amide bonds. The molecule has 0 unspecified atom stereocenters. The molecule has 1 aliphatic heterocycles. The molecular formula is C26H27F3N6O7S. The van der Waals surface area contributed by atoms with E-state index in [-0.39, 0.29) is 47.2 Å². The molecule has 4 rings (SSSR count). The molecule has 2 heterocycles. The Morgan fingerprint density at radius 1 is 1.12 bits per heavy atom. The molecule has 43 heavy (non-hydrogen) atoms. The molecule has 1 aliphatic rings. The third-order valence-electron chi connectivity index (χ3n) is 6.50. The zero-order valence-electron chi connectivity index (χ0n) is 22.9. The van der Waals surface area contributed by atoms with Gasteiger partial charge in [-0.2, -0.15) is 18.3 Å². The number of carbonyl (C=O) groups is 2. The Morgan fingerprint density at radius 2 is 1.74 bits per heavy atom. The molecule has 0 spiro atoms. The third kappa shape index (κ3) is 7.79. The van der Waals surface area contributed by atoms with Crippen LogP contribution in [0.4, 0.5) is 13.2 Å². The summed E-state index contributed by atoms with van der Waals surface area (Å²) in [4.78, 5) is 27.9. The number of benzene rings is 2. The Bertz CT molecular complexity index is 1600. The van der Waals surface area contributed by atoms with Gasteiger partial charge in [0.15, 0.2) is 5.69 Å². The summed E-state index contributed by atoms with van der Waals surface area (Å²) in [6, 6.07) is 12.6. The van der Waals surface area contributed by atoms with E-state index in [1.54, 1.807) is 24.3 Å². The first-order valence-electron chi connectivity index (χ1n) is 12.8. The van der Waals surface area contributed by atoms with Gasteiger partial charge in [0.05, 0.1) is 34.3 Å². The van der Waals surface area contributed by atoms with E-state index in [1.165, 1.54) is 17.1 Å². The maximum atomic E-state index is 13.5.